The zero-order valence-electron chi connectivity index (χ0n) is 24.7. The lowest BCUT2D eigenvalue weighted by Crippen LogP contribution is -2.22. The molecule has 0 aliphatic heterocycles. The minimum Gasteiger partial charge on any atom is -0.456 e. The molecule has 45 heavy (non-hydrogen) atoms. The minimum atomic E-state index is -0.236. The van der Waals surface area contributed by atoms with Gasteiger partial charge in [0, 0.05) is 32.9 Å². The number of hydrogen-bond acceptors (Lipinski definition) is 3. The lowest BCUT2D eigenvalue weighted by atomic mass is 9.74. The molecule has 0 saturated carbocycles. The monoisotopic (exact) mass is 576 g/mol. The summed E-state index contributed by atoms with van der Waals surface area (Å²) >= 11 is 0. The third kappa shape index (κ3) is 3.98. The topological polar surface area (TPSA) is 38.9 Å². The summed E-state index contributed by atoms with van der Waals surface area (Å²) in [5, 5.41) is 2.19. The van der Waals surface area contributed by atoms with Crippen LogP contribution >= 0.6 is 0 Å². The van der Waals surface area contributed by atoms with Crippen molar-refractivity contribution in [1.82, 2.24) is 9.97 Å². The van der Waals surface area contributed by atoms with Crippen LogP contribution in [0, 0.1) is 0 Å². The van der Waals surface area contributed by atoms with Crippen LogP contribution in [0.1, 0.15) is 23.6 Å². The van der Waals surface area contributed by atoms with Crippen LogP contribution in [0.3, 0.4) is 0 Å². The molecule has 1 aliphatic rings. The van der Waals surface area contributed by atoms with E-state index in [4.69, 9.17) is 14.4 Å². The fourth-order valence-corrected chi connectivity index (χ4v) is 7.08. The van der Waals surface area contributed by atoms with Crippen LogP contribution in [-0.2, 0) is 5.41 Å². The summed E-state index contributed by atoms with van der Waals surface area (Å²) in [6.45, 7) is 2.35. The minimum absolute atomic E-state index is 0.236. The summed E-state index contributed by atoms with van der Waals surface area (Å²) in [5.74, 6) is 0.704. The van der Waals surface area contributed by atoms with Gasteiger partial charge in [0.1, 0.15) is 11.2 Å². The van der Waals surface area contributed by atoms with Crippen LogP contribution in [-0.4, -0.2) is 9.97 Å². The first-order valence-electron chi connectivity index (χ1n) is 15.3. The van der Waals surface area contributed by atoms with E-state index in [-0.39, 0.29) is 5.41 Å². The van der Waals surface area contributed by atoms with E-state index in [0.717, 1.165) is 50.0 Å². The van der Waals surface area contributed by atoms with Crippen molar-refractivity contribution in [2.75, 3.05) is 0 Å². The van der Waals surface area contributed by atoms with Gasteiger partial charge in [-0.15, -0.1) is 0 Å². The van der Waals surface area contributed by atoms with Crippen molar-refractivity contribution in [1.29, 1.82) is 0 Å². The number of furan rings is 1. The maximum absolute atomic E-state index is 6.10. The highest BCUT2D eigenvalue weighted by atomic mass is 16.3. The number of fused-ring (bicyclic) bond motifs is 6. The molecule has 0 amide bonds. The molecular weight excluding hydrogens is 548 g/mol. The molecule has 0 spiro atoms. The van der Waals surface area contributed by atoms with Crippen molar-refractivity contribution in [2.45, 2.75) is 12.3 Å². The highest BCUT2D eigenvalue weighted by Gasteiger charge is 2.40. The molecule has 9 rings (SSSR count). The summed E-state index contributed by atoms with van der Waals surface area (Å²) in [7, 11) is 0. The highest BCUT2D eigenvalue weighted by molar-refractivity contribution is 6.06. The number of aromatic nitrogens is 2. The first-order chi connectivity index (χ1) is 22.2. The van der Waals surface area contributed by atoms with E-state index in [1.165, 1.54) is 27.8 Å². The van der Waals surface area contributed by atoms with Gasteiger partial charge in [0.25, 0.3) is 0 Å². The van der Waals surface area contributed by atoms with E-state index in [9.17, 15) is 0 Å². The van der Waals surface area contributed by atoms with Gasteiger partial charge in [-0.25, -0.2) is 9.97 Å². The molecule has 0 radical (unpaired) electrons. The summed E-state index contributed by atoms with van der Waals surface area (Å²) < 4.78 is 6.10. The Hall–Kier alpha value is -5.80. The predicted octanol–water partition coefficient (Wildman–Crippen LogP) is 10.7. The normalized spacial score (nSPS) is 13.2. The third-order valence-corrected chi connectivity index (χ3v) is 9.41. The molecule has 3 heteroatoms. The van der Waals surface area contributed by atoms with Gasteiger partial charge in [0.15, 0.2) is 5.82 Å². The predicted molar refractivity (Wildman–Crippen MR) is 183 cm³/mol. The molecule has 0 atom stereocenters. The Morgan fingerprint density at radius 2 is 1.04 bits per heavy atom. The number of para-hydroxylation sites is 1. The number of benzene rings is 6. The molecule has 3 nitrogen and oxygen atoms in total. The zero-order chi connectivity index (χ0) is 30.0. The maximum Gasteiger partial charge on any atom is 0.160 e. The van der Waals surface area contributed by atoms with Gasteiger partial charge < -0.3 is 4.42 Å². The summed E-state index contributed by atoms with van der Waals surface area (Å²) in [6.07, 6.45) is 0. The van der Waals surface area contributed by atoms with Gasteiger partial charge in [0.2, 0.25) is 0 Å². The lowest BCUT2D eigenvalue weighted by Gasteiger charge is -2.28. The quantitative estimate of drug-likeness (QED) is 0.209. The molecule has 0 unspecified atom stereocenters. The van der Waals surface area contributed by atoms with Crippen molar-refractivity contribution in [3.05, 3.63) is 168 Å². The van der Waals surface area contributed by atoms with Gasteiger partial charge in [-0.2, -0.15) is 0 Å². The molecule has 8 aromatic rings. The average Bonchev–Trinajstić information content (AvgIpc) is 3.62. The van der Waals surface area contributed by atoms with Gasteiger partial charge in [-0.3, -0.25) is 0 Å². The first-order valence-corrected chi connectivity index (χ1v) is 15.3. The summed E-state index contributed by atoms with van der Waals surface area (Å²) in [4.78, 5) is 10.2. The van der Waals surface area contributed by atoms with Crippen LogP contribution in [0.15, 0.2) is 156 Å². The summed E-state index contributed by atoms with van der Waals surface area (Å²) in [6, 6.07) is 53.3. The molecule has 2 aromatic heterocycles. The van der Waals surface area contributed by atoms with Crippen molar-refractivity contribution >= 4 is 21.9 Å². The van der Waals surface area contributed by atoms with Crippen molar-refractivity contribution in [2.24, 2.45) is 0 Å². The van der Waals surface area contributed by atoms with E-state index in [1.54, 1.807) is 0 Å². The van der Waals surface area contributed by atoms with Crippen LogP contribution in [0.25, 0.3) is 67.0 Å². The Bertz CT molecular complexity index is 2340. The molecular formula is C42H28N2O. The van der Waals surface area contributed by atoms with Crippen LogP contribution in [0.5, 0.6) is 0 Å². The van der Waals surface area contributed by atoms with Gasteiger partial charge in [-0.1, -0.05) is 121 Å². The zero-order valence-corrected chi connectivity index (χ0v) is 24.7. The molecule has 0 fully saturated rings. The van der Waals surface area contributed by atoms with Crippen molar-refractivity contribution < 1.29 is 4.42 Å². The highest BCUT2D eigenvalue weighted by Crippen LogP contribution is 2.52. The maximum atomic E-state index is 6.10. The van der Waals surface area contributed by atoms with E-state index >= 15 is 0 Å². The van der Waals surface area contributed by atoms with Gasteiger partial charge >= 0.3 is 0 Å². The SMILES string of the molecule is CC1(c2ccc(-c3cc(-c4ccc5oc6ccccc6c5c4)nc(-c4ccccc4)n3)cc2)c2ccccc2-c2ccccc21. The Morgan fingerprint density at radius 1 is 0.467 bits per heavy atom. The van der Waals surface area contributed by atoms with E-state index in [1.807, 2.05) is 42.5 Å². The molecule has 0 bridgehead atoms. The number of hydrogen-bond donors (Lipinski definition) is 0. The molecule has 0 saturated heterocycles. The van der Waals surface area contributed by atoms with Crippen molar-refractivity contribution in [3.63, 3.8) is 0 Å². The van der Waals surface area contributed by atoms with Gasteiger partial charge in [-0.05, 0) is 65.1 Å². The second-order valence-electron chi connectivity index (χ2n) is 11.9. The molecule has 212 valence electrons. The van der Waals surface area contributed by atoms with Gasteiger partial charge in [0.05, 0.1) is 11.4 Å². The van der Waals surface area contributed by atoms with Crippen LogP contribution in [0.4, 0.5) is 0 Å². The molecule has 6 aromatic carbocycles. The standard InChI is InChI=1S/C42H28N2O/c1-42(35-16-8-5-13-31(35)32-14-6-9-17-36(32)42)30-22-19-27(20-23-30)37-26-38(44-41(43-37)28-11-3-2-4-12-28)29-21-24-40-34(25-29)33-15-7-10-18-39(33)45-40/h2-26H,1H3. The van der Waals surface area contributed by atoms with E-state index in [2.05, 4.69) is 116 Å². The Balaban J connectivity index is 1.18. The Morgan fingerprint density at radius 3 is 1.78 bits per heavy atom. The fourth-order valence-electron chi connectivity index (χ4n) is 7.08. The first kappa shape index (κ1) is 25.7. The smallest absolute Gasteiger partial charge is 0.160 e. The largest absolute Gasteiger partial charge is 0.456 e. The van der Waals surface area contributed by atoms with E-state index < -0.39 is 0 Å². The second kappa shape index (κ2) is 9.87. The Kier molecular flexibility index (Phi) is 5.63. The van der Waals surface area contributed by atoms with Crippen LogP contribution < -0.4 is 0 Å². The lowest BCUT2D eigenvalue weighted by molar-refractivity contribution is 0.669. The average molecular weight is 577 g/mol. The van der Waals surface area contributed by atoms with Crippen LogP contribution in [0.2, 0.25) is 0 Å². The Labute approximate surface area is 261 Å². The number of nitrogens with zero attached hydrogens (tertiary/aromatic N) is 2. The summed E-state index contributed by atoms with van der Waals surface area (Å²) in [5.41, 5.74) is 12.9. The second-order valence-corrected chi connectivity index (χ2v) is 11.9. The van der Waals surface area contributed by atoms with E-state index in [0.29, 0.717) is 5.82 Å². The number of rotatable bonds is 4. The fraction of sp³-hybridized carbons (Fsp3) is 0.0476. The molecule has 1 aliphatic carbocycles. The molecule has 2 heterocycles. The van der Waals surface area contributed by atoms with Crippen molar-refractivity contribution in [3.8, 4) is 45.0 Å². The molecule has 0 N–H and O–H groups in total. The third-order valence-electron chi connectivity index (χ3n) is 9.41.